The van der Waals surface area contributed by atoms with Crippen molar-refractivity contribution in [2.75, 3.05) is 13.2 Å². The minimum absolute atomic E-state index is 0.592. The van der Waals surface area contributed by atoms with Gasteiger partial charge in [-0.1, -0.05) is 31.0 Å². The number of fused-ring (bicyclic) bond motifs is 1. The Morgan fingerprint density at radius 1 is 1.24 bits per heavy atom. The van der Waals surface area contributed by atoms with Crippen LogP contribution in [0.25, 0.3) is 10.9 Å². The van der Waals surface area contributed by atoms with Crippen molar-refractivity contribution >= 4 is 10.9 Å². The Kier molecular flexibility index (Phi) is 4.56. The highest BCUT2D eigenvalue weighted by atomic mass is 16.5. The zero-order chi connectivity index (χ0) is 14.7. The first-order chi connectivity index (χ1) is 10.3. The maximum atomic E-state index is 5.98. The molecule has 0 radical (unpaired) electrons. The maximum absolute atomic E-state index is 5.98. The van der Waals surface area contributed by atoms with Crippen molar-refractivity contribution in [3.8, 4) is 0 Å². The first-order valence-electron chi connectivity index (χ1n) is 7.98. The molecular weight excluding hydrogens is 262 g/mol. The highest BCUT2D eigenvalue weighted by Crippen LogP contribution is 2.29. The summed E-state index contributed by atoms with van der Waals surface area (Å²) in [6.45, 7) is 2.20. The summed E-state index contributed by atoms with van der Waals surface area (Å²) in [6.07, 6.45) is 5.15. The van der Waals surface area contributed by atoms with Gasteiger partial charge in [0, 0.05) is 12.4 Å². The Morgan fingerprint density at radius 3 is 2.81 bits per heavy atom. The number of aryl methyl sites for hydroxylation is 1. The standard InChI is InChI=1S/C17H25N3O/c1-20-17-9-5-4-8-15(17)16(19-20)12-21-11-14-7-3-2-6-13(14)10-18/h4-5,8-9,13-14H,2-3,6-7,10-12,18H2,1H3. The second-order valence-electron chi connectivity index (χ2n) is 6.14. The van der Waals surface area contributed by atoms with Crippen molar-refractivity contribution in [1.82, 2.24) is 9.78 Å². The second kappa shape index (κ2) is 6.58. The van der Waals surface area contributed by atoms with Crippen LogP contribution in [0.4, 0.5) is 0 Å². The maximum Gasteiger partial charge on any atom is 0.0960 e. The number of ether oxygens (including phenoxy) is 1. The van der Waals surface area contributed by atoms with Crippen LogP contribution < -0.4 is 5.73 Å². The van der Waals surface area contributed by atoms with Crippen LogP contribution in [0.1, 0.15) is 31.4 Å². The van der Waals surface area contributed by atoms with Crippen LogP contribution in [0.2, 0.25) is 0 Å². The summed E-state index contributed by atoms with van der Waals surface area (Å²) in [5.41, 5.74) is 8.08. The summed E-state index contributed by atoms with van der Waals surface area (Å²) >= 11 is 0. The van der Waals surface area contributed by atoms with E-state index in [-0.39, 0.29) is 0 Å². The van der Waals surface area contributed by atoms with E-state index in [1.807, 2.05) is 17.8 Å². The van der Waals surface area contributed by atoms with E-state index in [1.165, 1.54) is 31.1 Å². The quantitative estimate of drug-likeness (QED) is 0.920. The normalized spacial score (nSPS) is 22.8. The third-order valence-corrected chi connectivity index (χ3v) is 4.77. The number of para-hydroxylation sites is 1. The van der Waals surface area contributed by atoms with Gasteiger partial charge in [0.15, 0.2) is 0 Å². The van der Waals surface area contributed by atoms with Gasteiger partial charge >= 0.3 is 0 Å². The molecule has 1 aromatic carbocycles. The van der Waals surface area contributed by atoms with Gasteiger partial charge in [0.1, 0.15) is 0 Å². The zero-order valence-corrected chi connectivity index (χ0v) is 12.8. The number of hydrogen-bond acceptors (Lipinski definition) is 3. The van der Waals surface area contributed by atoms with Gasteiger partial charge in [-0.2, -0.15) is 5.10 Å². The van der Waals surface area contributed by atoms with Crippen LogP contribution in [0, 0.1) is 11.8 Å². The predicted octanol–water partition coefficient (Wildman–Crippen LogP) is 2.86. The van der Waals surface area contributed by atoms with E-state index in [0.29, 0.717) is 18.4 Å². The van der Waals surface area contributed by atoms with E-state index in [2.05, 4.69) is 23.3 Å². The van der Waals surface area contributed by atoms with E-state index in [1.54, 1.807) is 0 Å². The molecule has 2 N–H and O–H groups in total. The first kappa shape index (κ1) is 14.5. The minimum Gasteiger partial charge on any atom is -0.375 e. The molecule has 0 saturated heterocycles. The number of aromatic nitrogens is 2. The fourth-order valence-electron chi connectivity index (χ4n) is 3.52. The van der Waals surface area contributed by atoms with Crippen LogP contribution >= 0.6 is 0 Å². The smallest absolute Gasteiger partial charge is 0.0960 e. The summed E-state index contributed by atoms with van der Waals surface area (Å²) in [4.78, 5) is 0. The molecule has 0 spiro atoms. The van der Waals surface area contributed by atoms with Gasteiger partial charge < -0.3 is 10.5 Å². The fraction of sp³-hybridized carbons (Fsp3) is 0.588. The van der Waals surface area contributed by atoms with Gasteiger partial charge in [0.05, 0.1) is 24.4 Å². The van der Waals surface area contributed by atoms with Crippen LogP contribution in [-0.4, -0.2) is 22.9 Å². The summed E-state index contributed by atoms with van der Waals surface area (Å²) in [7, 11) is 1.98. The monoisotopic (exact) mass is 287 g/mol. The molecular formula is C17H25N3O. The molecule has 21 heavy (non-hydrogen) atoms. The lowest BCUT2D eigenvalue weighted by molar-refractivity contribution is 0.0500. The Balaban J connectivity index is 1.61. The molecule has 1 aromatic heterocycles. The third kappa shape index (κ3) is 3.11. The second-order valence-corrected chi connectivity index (χ2v) is 6.14. The molecule has 1 aliphatic carbocycles. The summed E-state index contributed by atoms with van der Waals surface area (Å²) in [5, 5.41) is 5.77. The van der Waals surface area contributed by atoms with Gasteiger partial charge in [-0.15, -0.1) is 0 Å². The number of nitrogens with zero attached hydrogens (tertiary/aromatic N) is 2. The van der Waals surface area contributed by atoms with Crippen molar-refractivity contribution in [2.24, 2.45) is 24.6 Å². The summed E-state index contributed by atoms with van der Waals surface area (Å²) in [5.74, 6) is 1.26. The average Bonchev–Trinajstić information content (AvgIpc) is 2.85. The molecule has 4 nitrogen and oxygen atoms in total. The van der Waals surface area contributed by atoms with E-state index < -0.39 is 0 Å². The van der Waals surface area contributed by atoms with Crippen molar-refractivity contribution in [3.63, 3.8) is 0 Å². The van der Waals surface area contributed by atoms with Crippen molar-refractivity contribution in [2.45, 2.75) is 32.3 Å². The lowest BCUT2D eigenvalue weighted by Crippen LogP contribution is -2.29. The number of hydrogen-bond donors (Lipinski definition) is 1. The minimum atomic E-state index is 0.592. The lowest BCUT2D eigenvalue weighted by Gasteiger charge is -2.30. The topological polar surface area (TPSA) is 53.1 Å². The SMILES string of the molecule is Cn1nc(COCC2CCCCC2CN)c2ccccc21. The van der Waals surface area contributed by atoms with Gasteiger partial charge in [-0.25, -0.2) is 0 Å². The number of benzene rings is 1. The molecule has 1 heterocycles. The molecule has 114 valence electrons. The van der Waals surface area contributed by atoms with E-state index in [9.17, 15) is 0 Å². The predicted molar refractivity (Wildman–Crippen MR) is 84.9 cm³/mol. The largest absolute Gasteiger partial charge is 0.375 e. The summed E-state index contributed by atoms with van der Waals surface area (Å²) in [6, 6.07) is 8.31. The van der Waals surface area contributed by atoms with Gasteiger partial charge in [0.25, 0.3) is 0 Å². The average molecular weight is 287 g/mol. The van der Waals surface area contributed by atoms with Gasteiger partial charge in [0.2, 0.25) is 0 Å². The van der Waals surface area contributed by atoms with Crippen LogP contribution in [-0.2, 0) is 18.4 Å². The highest BCUT2D eigenvalue weighted by Gasteiger charge is 2.24. The van der Waals surface area contributed by atoms with E-state index in [0.717, 1.165) is 24.4 Å². The van der Waals surface area contributed by atoms with Crippen molar-refractivity contribution in [1.29, 1.82) is 0 Å². The molecule has 0 aliphatic heterocycles. The highest BCUT2D eigenvalue weighted by molar-refractivity contribution is 5.81. The molecule has 2 aromatic rings. The Labute approximate surface area is 126 Å². The Hall–Kier alpha value is -1.39. The summed E-state index contributed by atoms with van der Waals surface area (Å²) < 4.78 is 7.91. The number of nitrogens with two attached hydrogens (primary N) is 1. The molecule has 0 bridgehead atoms. The molecule has 2 unspecified atom stereocenters. The van der Waals surface area contributed by atoms with Crippen LogP contribution in [0.5, 0.6) is 0 Å². The molecule has 0 amide bonds. The van der Waals surface area contributed by atoms with E-state index in [4.69, 9.17) is 10.5 Å². The first-order valence-corrected chi connectivity index (χ1v) is 7.98. The lowest BCUT2D eigenvalue weighted by atomic mass is 9.80. The van der Waals surface area contributed by atoms with E-state index >= 15 is 0 Å². The van der Waals surface area contributed by atoms with Crippen LogP contribution in [0.15, 0.2) is 24.3 Å². The Morgan fingerprint density at radius 2 is 2.00 bits per heavy atom. The van der Waals surface area contributed by atoms with Crippen LogP contribution in [0.3, 0.4) is 0 Å². The number of rotatable bonds is 5. The van der Waals surface area contributed by atoms with Gasteiger partial charge in [-0.05, 0) is 37.3 Å². The zero-order valence-electron chi connectivity index (χ0n) is 12.8. The molecule has 2 atom stereocenters. The molecule has 1 aliphatic rings. The fourth-order valence-corrected chi connectivity index (χ4v) is 3.52. The Bertz CT molecular complexity index is 593. The molecule has 4 heteroatoms. The molecule has 1 fully saturated rings. The molecule has 1 saturated carbocycles. The third-order valence-electron chi connectivity index (χ3n) is 4.77. The van der Waals surface area contributed by atoms with Gasteiger partial charge in [-0.3, -0.25) is 4.68 Å². The van der Waals surface area contributed by atoms with Crippen molar-refractivity contribution in [3.05, 3.63) is 30.0 Å². The van der Waals surface area contributed by atoms with Crippen molar-refractivity contribution < 1.29 is 4.74 Å². The molecule has 3 rings (SSSR count).